The Bertz CT molecular complexity index is 460. The van der Waals surface area contributed by atoms with E-state index in [0.717, 1.165) is 10.0 Å². The fourth-order valence-corrected chi connectivity index (χ4v) is 3.58. The van der Waals surface area contributed by atoms with E-state index in [1.165, 1.54) is 16.2 Å². The molecule has 1 N–H and O–H groups in total. The number of likely N-dealkylation sites (tertiary alicyclic amines) is 1. The van der Waals surface area contributed by atoms with Gasteiger partial charge in [-0.25, -0.2) is 4.79 Å². The Labute approximate surface area is 119 Å². The van der Waals surface area contributed by atoms with E-state index < -0.39 is 11.2 Å². The first kappa shape index (κ1) is 13.8. The molecule has 1 aromatic rings. The minimum Gasteiger partial charge on any atom is -0.444 e. The number of hydrogen-bond donors (Lipinski definition) is 1. The number of nitrogens with zero attached hydrogens (tertiary/aromatic N) is 1. The molecule has 18 heavy (non-hydrogen) atoms. The van der Waals surface area contributed by atoms with Gasteiger partial charge in [0.2, 0.25) is 0 Å². The topological polar surface area (TPSA) is 49.8 Å². The van der Waals surface area contributed by atoms with Gasteiger partial charge in [-0.15, -0.1) is 0 Å². The molecule has 0 saturated carbocycles. The summed E-state index contributed by atoms with van der Waals surface area (Å²) >= 11 is 4.92. The Morgan fingerprint density at radius 1 is 1.50 bits per heavy atom. The maximum Gasteiger partial charge on any atom is 0.410 e. The zero-order valence-corrected chi connectivity index (χ0v) is 13.0. The minimum atomic E-state index is -0.949. The molecule has 0 aliphatic carbocycles. The summed E-state index contributed by atoms with van der Waals surface area (Å²) in [7, 11) is 0. The van der Waals surface area contributed by atoms with Gasteiger partial charge in [-0.1, -0.05) is 0 Å². The number of carbonyl (C=O) groups excluding carboxylic acids is 1. The molecule has 0 unspecified atom stereocenters. The molecule has 1 aromatic heterocycles. The summed E-state index contributed by atoms with van der Waals surface area (Å²) in [5.74, 6) is 0. The van der Waals surface area contributed by atoms with Crippen molar-refractivity contribution in [1.29, 1.82) is 0 Å². The Kier molecular flexibility index (Phi) is 3.46. The first-order valence-electron chi connectivity index (χ1n) is 5.64. The van der Waals surface area contributed by atoms with Crippen LogP contribution in [0.3, 0.4) is 0 Å². The molecule has 6 heteroatoms. The molecule has 0 atom stereocenters. The summed E-state index contributed by atoms with van der Waals surface area (Å²) in [5.41, 5.74) is -0.615. The molecular formula is C12H16BrNO3S. The molecule has 1 fully saturated rings. The summed E-state index contributed by atoms with van der Waals surface area (Å²) in [6, 6.07) is 0. The van der Waals surface area contributed by atoms with Crippen LogP contribution in [-0.2, 0) is 10.3 Å². The summed E-state index contributed by atoms with van der Waals surface area (Å²) in [6.07, 6.45) is -0.376. The van der Waals surface area contributed by atoms with Crippen LogP contribution in [0.5, 0.6) is 0 Å². The molecule has 1 aliphatic rings. The Morgan fingerprint density at radius 2 is 2.11 bits per heavy atom. The van der Waals surface area contributed by atoms with Gasteiger partial charge in [-0.2, -0.15) is 11.3 Å². The molecule has 1 aliphatic heterocycles. The predicted octanol–water partition coefficient (Wildman–Crippen LogP) is 2.95. The molecule has 4 nitrogen and oxygen atoms in total. The lowest BCUT2D eigenvalue weighted by Crippen LogP contribution is -2.61. The Hall–Kier alpha value is -0.590. The number of thiophene rings is 1. The van der Waals surface area contributed by atoms with Crippen LogP contribution in [0, 0.1) is 0 Å². The van der Waals surface area contributed by atoms with Crippen molar-refractivity contribution in [1.82, 2.24) is 4.90 Å². The van der Waals surface area contributed by atoms with Crippen LogP contribution < -0.4 is 0 Å². The summed E-state index contributed by atoms with van der Waals surface area (Å²) in [4.78, 5) is 13.3. The van der Waals surface area contributed by atoms with E-state index >= 15 is 0 Å². The zero-order chi connectivity index (χ0) is 13.6. The fourth-order valence-electron chi connectivity index (χ4n) is 1.82. The van der Waals surface area contributed by atoms with Crippen LogP contribution >= 0.6 is 27.3 Å². The van der Waals surface area contributed by atoms with Crippen LogP contribution in [0.2, 0.25) is 0 Å². The van der Waals surface area contributed by atoms with Gasteiger partial charge < -0.3 is 14.7 Å². The average molecular weight is 334 g/mol. The van der Waals surface area contributed by atoms with Crippen molar-refractivity contribution in [3.63, 3.8) is 0 Å². The quantitative estimate of drug-likeness (QED) is 0.859. The number of rotatable bonds is 1. The highest BCUT2D eigenvalue weighted by Crippen LogP contribution is 2.38. The molecule has 2 heterocycles. The number of carbonyl (C=O) groups is 1. The van der Waals surface area contributed by atoms with E-state index in [1.54, 1.807) is 0 Å². The molecule has 0 spiro atoms. The number of hydrogen-bond acceptors (Lipinski definition) is 4. The normalized spacial score (nSPS) is 18.4. The highest BCUT2D eigenvalue weighted by Gasteiger charge is 2.47. The zero-order valence-electron chi connectivity index (χ0n) is 10.6. The fraction of sp³-hybridized carbons (Fsp3) is 0.583. The molecule has 0 aromatic carbocycles. The monoisotopic (exact) mass is 333 g/mol. The third-order valence-corrected chi connectivity index (χ3v) is 4.38. The molecule has 0 bridgehead atoms. The lowest BCUT2D eigenvalue weighted by Gasteiger charge is -2.46. The van der Waals surface area contributed by atoms with E-state index in [9.17, 15) is 9.90 Å². The van der Waals surface area contributed by atoms with Crippen molar-refractivity contribution in [2.75, 3.05) is 13.1 Å². The standard InChI is InChI=1S/C12H16BrNO3S/c1-11(2,3)17-10(15)14-6-12(16,7-14)8-4-18-5-9(8)13/h4-5,16H,6-7H2,1-3H3. The lowest BCUT2D eigenvalue weighted by atomic mass is 9.88. The van der Waals surface area contributed by atoms with Crippen LogP contribution in [-0.4, -0.2) is 34.8 Å². The van der Waals surface area contributed by atoms with Crippen LogP contribution in [0.25, 0.3) is 0 Å². The van der Waals surface area contributed by atoms with Gasteiger partial charge >= 0.3 is 6.09 Å². The lowest BCUT2D eigenvalue weighted by molar-refractivity contribution is -0.103. The largest absolute Gasteiger partial charge is 0.444 e. The maximum absolute atomic E-state index is 11.8. The van der Waals surface area contributed by atoms with Crippen molar-refractivity contribution in [3.8, 4) is 0 Å². The van der Waals surface area contributed by atoms with Gasteiger partial charge in [0.1, 0.15) is 11.2 Å². The van der Waals surface area contributed by atoms with Crippen molar-refractivity contribution in [2.24, 2.45) is 0 Å². The third kappa shape index (κ3) is 2.70. The van der Waals surface area contributed by atoms with Crippen molar-refractivity contribution in [3.05, 3.63) is 20.8 Å². The Balaban J connectivity index is 1.98. The summed E-state index contributed by atoms with van der Waals surface area (Å²) in [6.45, 7) is 6.03. The average Bonchev–Trinajstić information content (AvgIpc) is 2.57. The molecule has 2 rings (SSSR count). The predicted molar refractivity (Wildman–Crippen MR) is 73.7 cm³/mol. The first-order chi connectivity index (χ1) is 8.21. The van der Waals surface area contributed by atoms with Gasteiger partial charge in [0.15, 0.2) is 0 Å². The third-order valence-electron chi connectivity index (χ3n) is 2.67. The highest BCUT2D eigenvalue weighted by atomic mass is 79.9. The van der Waals surface area contributed by atoms with Crippen molar-refractivity contribution >= 4 is 33.4 Å². The van der Waals surface area contributed by atoms with Crippen molar-refractivity contribution in [2.45, 2.75) is 32.0 Å². The number of ether oxygens (including phenoxy) is 1. The van der Waals surface area contributed by atoms with Crippen LogP contribution in [0.15, 0.2) is 15.2 Å². The van der Waals surface area contributed by atoms with E-state index in [-0.39, 0.29) is 19.2 Å². The minimum absolute atomic E-state index is 0.275. The SMILES string of the molecule is CC(C)(C)OC(=O)N1CC(O)(c2cscc2Br)C1. The van der Waals surface area contributed by atoms with Crippen molar-refractivity contribution < 1.29 is 14.6 Å². The second kappa shape index (κ2) is 4.51. The molecule has 1 amide bonds. The van der Waals surface area contributed by atoms with E-state index in [1.807, 2.05) is 31.5 Å². The number of β-amino-alcohol motifs (C(OH)–C–C–N with tert-alkyl or cyclic N) is 1. The smallest absolute Gasteiger partial charge is 0.410 e. The molecule has 100 valence electrons. The van der Waals surface area contributed by atoms with E-state index in [4.69, 9.17) is 4.74 Å². The Morgan fingerprint density at radius 3 is 2.56 bits per heavy atom. The molecular weight excluding hydrogens is 318 g/mol. The maximum atomic E-state index is 11.8. The first-order valence-corrected chi connectivity index (χ1v) is 7.37. The van der Waals surface area contributed by atoms with Gasteiger partial charge in [0.25, 0.3) is 0 Å². The number of aliphatic hydroxyl groups is 1. The summed E-state index contributed by atoms with van der Waals surface area (Å²) in [5, 5.41) is 14.2. The molecule has 1 saturated heterocycles. The van der Waals surface area contributed by atoms with E-state index in [2.05, 4.69) is 15.9 Å². The van der Waals surface area contributed by atoms with Gasteiger partial charge in [0.05, 0.1) is 13.1 Å². The second-order valence-electron chi connectivity index (χ2n) is 5.50. The summed E-state index contributed by atoms with van der Waals surface area (Å²) < 4.78 is 6.14. The highest BCUT2D eigenvalue weighted by molar-refractivity contribution is 9.10. The van der Waals surface area contributed by atoms with E-state index in [0.29, 0.717) is 0 Å². The second-order valence-corrected chi connectivity index (χ2v) is 7.10. The number of amides is 1. The molecule has 0 radical (unpaired) electrons. The van der Waals surface area contributed by atoms with Gasteiger partial charge in [-0.3, -0.25) is 0 Å². The van der Waals surface area contributed by atoms with Gasteiger partial charge in [0, 0.05) is 15.4 Å². The number of halogens is 1. The van der Waals surface area contributed by atoms with Gasteiger partial charge in [-0.05, 0) is 42.1 Å². The van der Waals surface area contributed by atoms with Crippen LogP contribution in [0.4, 0.5) is 4.79 Å². The van der Waals surface area contributed by atoms with Crippen LogP contribution in [0.1, 0.15) is 26.3 Å².